The number of Topliss-reactive ketones (excluding diaryl/α,β-unsaturated/α-hetero) is 1. The number of methoxy groups -OCH3 is 1. The molecule has 0 aliphatic heterocycles. The fourth-order valence-electron chi connectivity index (χ4n) is 2.91. The predicted octanol–water partition coefficient (Wildman–Crippen LogP) is 1.68. The van der Waals surface area contributed by atoms with Crippen LogP contribution in [0.4, 0.5) is 4.79 Å². The molecule has 1 aliphatic carbocycles. The number of amides is 1. The number of hydrogen-bond acceptors (Lipinski definition) is 4. The number of rotatable bonds is 5. The Labute approximate surface area is 118 Å². The number of ketones is 1. The van der Waals surface area contributed by atoms with Gasteiger partial charge in [0.25, 0.3) is 0 Å². The van der Waals surface area contributed by atoms with Gasteiger partial charge in [0.05, 0.1) is 19.1 Å². The molecular formula is C14H23NO5. The van der Waals surface area contributed by atoms with Gasteiger partial charge >= 0.3 is 12.1 Å². The van der Waals surface area contributed by atoms with Gasteiger partial charge in [-0.15, -0.1) is 0 Å². The van der Waals surface area contributed by atoms with Gasteiger partial charge in [-0.25, -0.2) is 4.79 Å². The van der Waals surface area contributed by atoms with Crippen LogP contribution in [0.3, 0.4) is 0 Å². The maximum Gasteiger partial charge on any atom is 0.407 e. The summed E-state index contributed by atoms with van der Waals surface area (Å²) in [4.78, 5) is 35.2. The lowest BCUT2D eigenvalue weighted by Gasteiger charge is -2.27. The lowest BCUT2D eigenvalue weighted by atomic mass is 9.81. The van der Waals surface area contributed by atoms with Crippen molar-refractivity contribution < 1.29 is 24.2 Å². The second-order valence-corrected chi connectivity index (χ2v) is 5.79. The van der Waals surface area contributed by atoms with Crippen LogP contribution in [0.25, 0.3) is 0 Å². The van der Waals surface area contributed by atoms with Crippen LogP contribution in [0.2, 0.25) is 0 Å². The average molecular weight is 285 g/mol. The van der Waals surface area contributed by atoms with Gasteiger partial charge in [-0.2, -0.15) is 0 Å². The number of nitrogens with one attached hydrogen (secondary N) is 1. The van der Waals surface area contributed by atoms with E-state index in [-0.39, 0.29) is 17.6 Å². The van der Waals surface area contributed by atoms with E-state index in [1.807, 2.05) is 20.8 Å². The minimum atomic E-state index is -0.937. The summed E-state index contributed by atoms with van der Waals surface area (Å²) < 4.78 is 4.53. The van der Waals surface area contributed by atoms with Gasteiger partial charge in [0.1, 0.15) is 0 Å². The Balaban J connectivity index is 2.92. The second kappa shape index (κ2) is 6.72. The summed E-state index contributed by atoms with van der Waals surface area (Å²) in [7, 11) is 1.23. The van der Waals surface area contributed by atoms with Gasteiger partial charge < -0.3 is 15.2 Å². The first-order chi connectivity index (χ1) is 9.29. The van der Waals surface area contributed by atoms with Crippen molar-refractivity contribution in [3.8, 4) is 0 Å². The highest BCUT2D eigenvalue weighted by molar-refractivity contribution is 5.93. The van der Waals surface area contributed by atoms with Crippen molar-refractivity contribution in [1.29, 1.82) is 0 Å². The van der Waals surface area contributed by atoms with E-state index >= 15 is 0 Å². The minimum Gasteiger partial charge on any atom is -0.481 e. The molecule has 1 rings (SSSR count). The molecule has 1 fully saturated rings. The van der Waals surface area contributed by atoms with Crippen molar-refractivity contribution >= 4 is 17.8 Å². The molecule has 0 aromatic rings. The fraction of sp³-hybridized carbons (Fsp3) is 0.786. The van der Waals surface area contributed by atoms with Crippen molar-refractivity contribution in [2.45, 2.75) is 39.7 Å². The van der Waals surface area contributed by atoms with Gasteiger partial charge in [0, 0.05) is 5.92 Å². The zero-order valence-electron chi connectivity index (χ0n) is 12.4. The standard InChI is InChI=1S/C14H23NO5/c1-7(2)11(15-14(19)20-4)12(16)10-8(3)5-6-9(10)13(17)18/h7-11H,5-6H2,1-4H3,(H,15,19)(H,17,18)/t8-,9+,10?,11?/m0/s1. The minimum absolute atomic E-state index is 0.0179. The molecule has 2 N–H and O–H groups in total. The summed E-state index contributed by atoms with van der Waals surface area (Å²) in [6.45, 7) is 5.52. The molecule has 2 unspecified atom stereocenters. The lowest BCUT2D eigenvalue weighted by Crippen LogP contribution is -2.49. The van der Waals surface area contributed by atoms with Crippen LogP contribution in [0.15, 0.2) is 0 Å². The van der Waals surface area contributed by atoms with Gasteiger partial charge in [-0.05, 0) is 24.7 Å². The van der Waals surface area contributed by atoms with Crippen molar-refractivity contribution in [2.24, 2.45) is 23.7 Å². The smallest absolute Gasteiger partial charge is 0.407 e. The number of hydrogen-bond donors (Lipinski definition) is 2. The SMILES string of the molecule is COC(=O)NC(C(=O)C1[C@@H](C)CC[C@H]1C(=O)O)C(C)C. The van der Waals surface area contributed by atoms with E-state index in [9.17, 15) is 19.5 Å². The first-order valence-electron chi connectivity index (χ1n) is 6.90. The molecular weight excluding hydrogens is 262 g/mol. The Morgan fingerprint density at radius 1 is 1.25 bits per heavy atom. The highest BCUT2D eigenvalue weighted by atomic mass is 16.5. The Kier molecular flexibility index (Phi) is 5.53. The van der Waals surface area contributed by atoms with E-state index in [1.165, 1.54) is 7.11 Å². The van der Waals surface area contributed by atoms with E-state index in [2.05, 4.69) is 10.1 Å². The van der Waals surface area contributed by atoms with E-state index in [4.69, 9.17) is 0 Å². The van der Waals surface area contributed by atoms with Gasteiger partial charge in [-0.1, -0.05) is 20.8 Å². The van der Waals surface area contributed by atoms with Crippen molar-refractivity contribution in [3.63, 3.8) is 0 Å². The zero-order valence-corrected chi connectivity index (χ0v) is 12.4. The maximum absolute atomic E-state index is 12.6. The number of carbonyl (C=O) groups is 3. The lowest BCUT2D eigenvalue weighted by molar-refractivity contribution is -0.146. The molecule has 6 nitrogen and oxygen atoms in total. The molecule has 6 heteroatoms. The van der Waals surface area contributed by atoms with Gasteiger partial charge in [0.15, 0.2) is 5.78 Å². The first kappa shape index (κ1) is 16.5. The molecule has 0 saturated heterocycles. The second-order valence-electron chi connectivity index (χ2n) is 5.79. The normalized spacial score (nSPS) is 27.1. The molecule has 0 radical (unpaired) electrons. The number of ether oxygens (including phenoxy) is 1. The van der Waals surface area contributed by atoms with Crippen molar-refractivity contribution in [1.82, 2.24) is 5.32 Å². The number of alkyl carbamates (subject to hydrolysis) is 1. The van der Waals surface area contributed by atoms with Crippen LogP contribution in [-0.4, -0.2) is 36.1 Å². The molecule has 0 bridgehead atoms. The van der Waals surface area contributed by atoms with Gasteiger partial charge in [0.2, 0.25) is 0 Å². The topological polar surface area (TPSA) is 92.7 Å². The monoisotopic (exact) mass is 285 g/mol. The highest BCUT2D eigenvalue weighted by Gasteiger charge is 2.45. The molecule has 4 atom stereocenters. The quantitative estimate of drug-likeness (QED) is 0.801. The third-order valence-electron chi connectivity index (χ3n) is 4.06. The van der Waals surface area contributed by atoms with Crippen molar-refractivity contribution in [2.75, 3.05) is 7.11 Å². The summed E-state index contributed by atoms with van der Waals surface area (Å²) in [6.07, 6.45) is 0.557. The Morgan fingerprint density at radius 3 is 2.30 bits per heavy atom. The Hall–Kier alpha value is -1.59. The van der Waals surface area contributed by atoms with E-state index < -0.39 is 29.9 Å². The number of aliphatic carboxylic acids is 1. The van der Waals surface area contributed by atoms with E-state index in [0.717, 1.165) is 6.42 Å². The van der Waals surface area contributed by atoms with Crippen LogP contribution in [0.5, 0.6) is 0 Å². The maximum atomic E-state index is 12.6. The molecule has 0 aromatic carbocycles. The third kappa shape index (κ3) is 3.49. The van der Waals surface area contributed by atoms with Crippen LogP contribution in [0.1, 0.15) is 33.6 Å². The van der Waals surface area contributed by atoms with Crippen LogP contribution < -0.4 is 5.32 Å². The first-order valence-corrected chi connectivity index (χ1v) is 6.90. The third-order valence-corrected chi connectivity index (χ3v) is 4.06. The molecule has 0 aromatic heterocycles. The summed E-state index contributed by atoms with van der Waals surface area (Å²) >= 11 is 0. The molecule has 0 heterocycles. The predicted molar refractivity (Wildman–Crippen MR) is 72.2 cm³/mol. The van der Waals surface area contributed by atoms with Crippen molar-refractivity contribution in [3.05, 3.63) is 0 Å². The summed E-state index contributed by atoms with van der Waals surface area (Å²) in [5.41, 5.74) is 0. The largest absolute Gasteiger partial charge is 0.481 e. The molecule has 1 saturated carbocycles. The van der Waals surface area contributed by atoms with Crippen LogP contribution in [0, 0.1) is 23.7 Å². The summed E-state index contributed by atoms with van der Waals surface area (Å²) in [5.74, 6) is -2.44. The zero-order chi connectivity index (χ0) is 15.4. The average Bonchev–Trinajstić information content (AvgIpc) is 2.76. The molecule has 1 aliphatic rings. The Bertz CT molecular complexity index is 393. The molecule has 1 amide bonds. The van der Waals surface area contributed by atoms with Gasteiger partial charge in [-0.3, -0.25) is 9.59 Å². The van der Waals surface area contributed by atoms with E-state index in [0.29, 0.717) is 6.42 Å². The molecule has 114 valence electrons. The Morgan fingerprint density at radius 2 is 1.85 bits per heavy atom. The number of carboxylic acids is 1. The molecule has 0 spiro atoms. The summed E-state index contributed by atoms with van der Waals surface area (Å²) in [5, 5.41) is 11.8. The fourth-order valence-corrected chi connectivity index (χ4v) is 2.91. The number of carbonyl (C=O) groups excluding carboxylic acids is 2. The summed E-state index contributed by atoms with van der Waals surface area (Å²) in [6, 6.07) is -0.713. The van der Waals surface area contributed by atoms with Crippen LogP contribution >= 0.6 is 0 Å². The number of carboxylic acid groups (broad SMARTS) is 1. The highest BCUT2D eigenvalue weighted by Crippen LogP contribution is 2.38. The van der Waals surface area contributed by atoms with Crippen LogP contribution in [-0.2, 0) is 14.3 Å². The molecule has 20 heavy (non-hydrogen) atoms. The van der Waals surface area contributed by atoms with E-state index in [1.54, 1.807) is 0 Å².